The third-order valence-electron chi connectivity index (χ3n) is 4.21. The molecule has 0 radical (unpaired) electrons. The van der Waals surface area contributed by atoms with E-state index in [1.807, 2.05) is 0 Å². The van der Waals surface area contributed by atoms with Crippen molar-refractivity contribution < 1.29 is 4.79 Å². The number of hydrogen-bond acceptors (Lipinski definition) is 1. The molecule has 0 heterocycles. The molecule has 1 aliphatic rings. The zero-order chi connectivity index (χ0) is 14.4. The van der Waals surface area contributed by atoms with Gasteiger partial charge >= 0.3 is 0 Å². The first-order chi connectivity index (χ1) is 9.63. The summed E-state index contributed by atoms with van der Waals surface area (Å²) in [5.41, 5.74) is 2.62. The van der Waals surface area contributed by atoms with Gasteiger partial charge in [0.15, 0.2) is 0 Å². The van der Waals surface area contributed by atoms with E-state index in [2.05, 4.69) is 43.4 Å². The highest BCUT2D eigenvalue weighted by Gasteiger charge is 2.17. The monoisotopic (exact) mass is 273 g/mol. The smallest absolute Gasteiger partial charge is 0.220 e. The summed E-state index contributed by atoms with van der Waals surface area (Å²) in [6.45, 7) is 4.27. The van der Waals surface area contributed by atoms with Gasteiger partial charge in [0.2, 0.25) is 5.91 Å². The van der Waals surface area contributed by atoms with E-state index in [-0.39, 0.29) is 5.91 Å². The average molecular weight is 273 g/mol. The second-order valence-corrected chi connectivity index (χ2v) is 6.40. The largest absolute Gasteiger partial charge is 0.353 e. The van der Waals surface area contributed by atoms with Gasteiger partial charge < -0.3 is 5.32 Å². The molecule has 1 amide bonds. The molecule has 110 valence electrons. The summed E-state index contributed by atoms with van der Waals surface area (Å²) in [6, 6.07) is 9.06. The van der Waals surface area contributed by atoms with Crippen LogP contribution in [-0.4, -0.2) is 11.9 Å². The Kier molecular flexibility index (Phi) is 5.63. The van der Waals surface area contributed by atoms with E-state index in [1.165, 1.54) is 30.4 Å². The number of amides is 1. The highest BCUT2D eigenvalue weighted by Crippen LogP contribution is 2.18. The lowest BCUT2D eigenvalue weighted by Crippen LogP contribution is -2.36. The number of benzene rings is 1. The van der Waals surface area contributed by atoms with Crippen molar-refractivity contribution in [2.45, 2.75) is 64.8 Å². The lowest BCUT2D eigenvalue weighted by molar-refractivity contribution is -0.122. The summed E-state index contributed by atoms with van der Waals surface area (Å²) < 4.78 is 0. The van der Waals surface area contributed by atoms with Crippen molar-refractivity contribution in [3.8, 4) is 0 Å². The molecule has 1 saturated carbocycles. The minimum absolute atomic E-state index is 0.233. The summed E-state index contributed by atoms with van der Waals surface area (Å²) >= 11 is 0. The van der Waals surface area contributed by atoms with E-state index in [0.717, 1.165) is 19.3 Å². The third-order valence-corrected chi connectivity index (χ3v) is 4.21. The molecular weight excluding hydrogens is 246 g/mol. The average Bonchev–Trinajstić information content (AvgIpc) is 2.42. The Bertz CT molecular complexity index is 418. The summed E-state index contributed by atoms with van der Waals surface area (Å²) in [6.07, 6.45) is 7.82. The fourth-order valence-corrected chi connectivity index (χ4v) is 3.05. The zero-order valence-electron chi connectivity index (χ0n) is 12.8. The molecule has 20 heavy (non-hydrogen) atoms. The summed E-state index contributed by atoms with van der Waals surface area (Å²) in [4.78, 5) is 12.1. The minimum atomic E-state index is 0.233. The normalized spacial score (nSPS) is 17.7. The Labute approximate surface area is 123 Å². The van der Waals surface area contributed by atoms with E-state index >= 15 is 0 Å². The minimum Gasteiger partial charge on any atom is -0.353 e. The standard InChI is InChI=1S/C18H27NO/c1-14-8-10-16(11-9-14)12-15(2)13-18(20)19-17-6-4-3-5-7-17/h8-11,15,17H,3-7,12-13H2,1-2H3,(H,19,20)/t15-/m1/s1. The number of carbonyl (C=O) groups is 1. The molecular formula is C18H27NO. The van der Waals surface area contributed by atoms with Crippen molar-refractivity contribution in [3.63, 3.8) is 0 Å². The van der Waals surface area contributed by atoms with Crippen molar-refractivity contribution in [1.29, 1.82) is 0 Å². The first kappa shape index (κ1) is 15.1. The van der Waals surface area contributed by atoms with Crippen molar-refractivity contribution in [2.75, 3.05) is 0 Å². The molecule has 1 atom stereocenters. The van der Waals surface area contributed by atoms with E-state index in [1.54, 1.807) is 0 Å². The maximum atomic E-state index is 12.1. The van der Waals surface area contributed by atoms with Crippen LogP contribution in [0.4, 0.5) is 0 Å². The molecule has 1 aliphatic carbocycles. The molecule has 0 spiro atoms. The quantitative estimate of drug-likeness (QED) is 0.862. The van der Waals surface area contributed by atoms with Crippen molar-refractivity contribution in [2.24, 2.45) is 5.92 Å². The molecule has 1 fully saturated rings. The second-order valence-electron chi connectivity index (χ2n) is 6.40. The van der Waals surface area contributed by atoms with Crippen LogP contribution in [-0.2, 0) is 11.2 Å². The van der Waals surface area contributed by atoms with E-state index in [0.29, 0.717) is 18.4 Å². The Balaban J connectivity index is 1.74. The topological polar surface area (TPSA) is 29.1 Å². The molecule has 1 aromatic rings. The van der Waals surface area contributed by atoms with Gasteiger partial charge in [0, 0.05) is 12.5 Å². The summed E-state index contributed by atoms with van der Waals surface area (Å²) in [5, 5.41) is 3.21. The van der Waals surface area contributed by atoms with Crippen LogP contribution in [0.2, 0.25) is 0 Å². The molecule has 0 bridgehead atoms. The van der Waals surface area contributed by atoms with Crippen LogP contribution in [0.25, 0.3) is 0 Å². The van der Waals surface area contributed by atoms with Crippen LogP contribution in [0.1, 0.15) is 56.6 Å². The molecule has 0 saturated heterocycles. The van der Waals surface area contributed by atoms with Gasteiger partial charge in [0.05, 0.1) is 0 Å². The van der Waals surface area contributed by atoms with Gasteiger partial charge in [-0.05, 0) is 37.7 Å². The summed E-state index contributed by atoms with van der Waals surface area (Å²) in [5.74, 6) is 0.637. The number of carbonyl (C=O) groups excluding carboxylic acids is 1. The lowest BCUT2D eigenvalue weighted by atomic mass is 9.94. The molecule has 2 rings (SSSR count). The summed E-state index contributed by atoms with van der Waals surface area (Å²) in [7, 11) is 0. The van der Waals surface area contributed by atoms with Crippen LogP contribution in [0, 0.1) is 12.8 Å². The number of hydrogen-bond donors (Lipinski definition) is 1. The maximum absolute atomic E-state index is 12.1. The fourth-order valence-electron chi connectivity index (χ4n) is 3.05. The molecule has 1 N–H and O–H groups in total. The first-order valence-electron chi connectivity index (χ1n) is 7.98. The van der Waals surface area contributed by atoms with E-state index in [4.69, 9.17) is 0 Å². The fraction of sp³-hybridized carbons (Fsp3) is 0.611. The number of nitrogens with one attached hydrogen (secondary N) is 1. The van der Waals surface area contributed by atoms with Gasteiger partial charge in [-0.15, -0.1) is 0 Å². The Hall–Kier alpha value is -1.31. The molecule has 2 heteroatoms. The van der Waals surface area contributed by atoms with Gasteiger partial charge in [-0.2, -0.15) is 0 Å². The van der Waals surface area contributed by atoms with Gasteiger partial charge in [-0.1, -0.05) is 56.0 Å². The third kappa shape index (κ3) is 4.99. The maximum Gasteiger partial charge on any atom is 0.220 e. The van der Waals surface area contributed by atoms with Crippen LogP contribution in [0.15, 0.2) is 24.3 Å². The predicted octanol–water partition coefficient (Wildman–Crippen LogP) is 4.01. The van der Waals surface area contributed by atoms with Gasteiger partial charge in [-0.25, -0.2) is 0 Å². The van der Waals surface area contributed by atoms with Crippen LogP contribution >= 0.6 is 0 Å². The Morgan fingerprint density at radius 3 is 2.50 bits per heavy atom. The van der Waals surface area contributed by atoms with Crippen molar-refractivity contribution in [3.05, 3.63) is 35.4 Å². The van der Waals surface area contributed by atoms with Crippen molar-refractivity contribution in [1.82, 2.24) is 5.32 Å². The second kappa shape index (κ2) is 7.47. The van der Waals surface area contributed by atoms with Crippen LogP contribution in [0.3, 0.4) is 0 Å². The lowest BCUT2D eigenvalue weighted by Gasteiger charge is -2.23. The van der Waals surface area contributed by atoms with Crippen LogP contribution < -0.4 is 5.32 Å². The SMILES string of the molecule is Cc1ccc(C[C@@H](C)CC(=O)NC2CCCCC2)cc1. The number of aryl methyl sites for hydroxylation is 1. The van der Waals surface area contributed by atoms with E-state index < -0.39 is 0 Å². The van der Waals surface area contributed by atoms with Crippen molar-refractivity contribution >= 4 is 5.91 Å². The molecule has 0 aliphatic heterocycles. The predicted molar refractivity (Wildman–Crippen MR) is 83.7 cm³/mol. The highest BCUT2D eigenvalue weighted by atomic mass is 16.1. The molecule has 1 aromatic carbocycles. The van der Waals surface area contributed by atoms with Crippen LogP contribution in [0.5, 0.6) is 0 Å². The zero-order valence-corrected chi connectivity index (χ0v) is 12.8. The van der Waals surface area contributed by atoms with E-state index in [9.17, 15) is 4.79 Å². The molecule has 2 nitrogen and oxygen atoms in total. The van der Waals surface area contributed by atoms with Gasteiger partial charge in [-0.3, -0.25) is 4.79 Å². The Morgan fingerprint density at radius 2 is 1.85 bits per heavy atom. The first-order valence-corrected chi connectivity index (χ1v) is 7.98. The molecule has 0 aromatic heterocycles. The molecule has 0 unspecified atom stereocenters. The number of rotatable bonds is 5. The van der Waals surface area contributed by atoms with Gasteiger partial charge in [0.1, 0.15) is 0 Å². The highest BCUT2D eigenvalue weighted by molar-refractivity contribution is 5.76. The Morgan fingerprint density at radius 1 is 1.20 bits per heavy atom. The van der Waals surface area contributed by atoms with Gasteiger partial charge in [0.25, 0.3) is 0 Å².